The number of aryl methyl sites for hydroxylation is 1. The lowest BCUT2D eigenvalue weighted by atomic mass is 9.99. The second-order valence-corrected chi connectivity index (χ2v) is 8.56. The molecule has 0 N–H and O–H groups in total. The molecule has 3 heterocycles. The molecule has 0 unspecified atom stereocenters. The van der Waals surface area contributed by atoms with Crippen LogP contribution in [0.1, 0.15) is 44.5 Å². The van der Waals surface area contributed by atoms with Crippen LogP contribution in [0.4, 0.5) is 8.78 Å². The van der Waals surface area contributed by atoms with E-state index in [1.165, 1.54) is 24.4 Å². The van der Waals surface area contributed by atoms with Crippen molar-refractivity contribution in [2.24, 2.45) is 0 Å². The van der Waals surface area contributed by atoms with Crippen molar-refractivity contribution < 1.29 is 8.78 Å². The number of hydrogen-bond acceptors (Lipinski definition) is 3. The van der Waals surface area contributed by atoms with Crippen molar-refractivity contribution in [2.45, 2.75) is 39.7 Å². The Balaban J connectivity index is 2.18. The molecule has 158 valence electrons. The van der Waals surface area contributed by atoms with Crippen LogP contribution in [0, 0.1) is 23.0 Å². The highest BCUT2D eigenvalue weighted by atomic mass is 19.1. The molecule has 4 nitrogen and oxygen atoms in total. The van der Waals surface area contributed by atoms with Crippen LogP contribution in [0.2, 0.25) is 0 Å². The Kier molecular flexibility index (Phi) is 5.14. The first kappa shape index (κ1) is 20.8. The smallest absolute Gasteiger partial charge is 0.174 e. The fourth-order valence-electron chi connectivity index (χ4n) is 4.09. The molecule has 6 heteroatoms. The lowest BCUT2D eigenvalue weighted by Crippen LogP contribution is -2.41. The second kappa shape index (κ2) is 7.66. The monoisotopic (exact) mass is 418 g/mol. The first-order valence-corrected chi connectivity index (χ1v) is 10.3. The first-order valence-electron chi connectivity index (χ1n) is 10.3. The van der Waals surface area contributed by atoms with Gasteiger partial charge in [0.05, 0.1) is 22.5 Å². The summed E-state index contributed by atoms with van der Waals surface area (Å²) < 4.78 is 31.3. The van der Waals surface area contributed by atoms with Crippen LogP contribution in [-0.2, 0) is 6.42 Å². The van der Waals surface area contributed by atoms with Crippen molar-refractivity contribution >= 4 is 16.6 Å². The Labute approximate surface area is 180 Å². The summed E-state index contributed by atoms with van der Waals surface area (Å²) in [5, 5.41) is 10.6. The predicted octanol–water partition coefficient (Wildman–Crippen LogP) is 5.75. The lowest BCUT2D eigenvalue weighted by molar-refractivity contribution is 0.239. The van der Waals surface area contributed by atoms with E-state index in [0.29, 0.717) is 40.7 Å². The number of aromatic nitrogens is 2. The van der Waals surface area contributed by atoms with Crippen LogP contribution in [0.15, 0.2) is 48.7 Å². The van der Waals surface area contributed by atoms with Gasteiger partial charge in [0, 0.05) is 23.7 Å². The van der Waals surface area contributed by atoms with Crippen LogP contribution in [0.3, 0.4) is 0 Å². The number of pyridine rings is 1. The Morgan fingerprint density at radius 1 is 1.19 bits per heavy atom. The third-order valence-electron chi connectivity index (χ3n) is 5.60. The fourth-order valence-corrected chi connectivity index (χ4v) is 4.09. The van der Waals surface area contributed by atoms with Gasteiger partial charge in [0.15, 0.2) is 11.6 Å². The van der Waals surface area contributed by atoms with Crippen LogP contribution in [0.5, 0.6) is 0 Å². The van der Waals surface area contributed by atoms with Crippen molar-refractivity contribution in [1.82, 2.24) is 14.5 Å². The molecule has 0 radical (unpaired) electrons. The van der Waals surface area contributed by atoms with Gasteiger partial charge in [-0.25, -0.2) is 13.8 Å². The minimum atomic E-state index is -0.512. The number of nitrogens with zero attached hydrogens (tertiary/aromatic N) is 4. The zero-order valence-electron chi connectivity index (χ0n) is 18.1. The second-order valence-electron chi connectivity index (χ2n) is 8.56. The molecule has 0 amide bonds. The molecule has 0 fully saturated rings. The third kappa shape index (κ3) is 3.40. The topological polar surface area (TPSA) is 44.9 Å². The number of halogens is 2. The minimum Gasteiger partial charge on any atom is -0.361 e. The van der Waals surface area contributed by atoms with E-state index in [1.807, 2.05) is 25.2 Å². The standard InChI is InChI=1S/C25H24F2N4/c1-5-16-13-22-17(14-20(16)27)18(15-28)23(31(22)24-19(26)9-8-11-29-24)21-10-6-7-12-30(21)25(2,3)4/h6-11,13-14H,5,12H2,1-4H3. The van der Waals surface area contributed by atoms with Gasteiger partial charge in [-0.1, -0.05) is 19.1 Å². The van der Waals surface area contributed by atoms with Gasteiger partial charge in [-0.2, -0.15) is 5.26 Å². The maximum absolute atomic E-state index is 15.0. The number of nitriles is 1. The molecule has 0 atom stereocenters. The van der Waals surface area contributed by atoms with E-state index < -0.39 is 5.82 Å². The molecule has 0 aliphatic carbocycles. The third-order valence-corrected chi connectivity index (χ3v) is 5.60. The Morgan fingerprint density at radius 2 is 1.97 bits per heavy atom. The van der Waals surface area contributed by atoms with Crippen molar-refractivity contribution in [3.05, 3.63) is 77.1 Å². The van der Waals surface area contributed by atoms with Gasteiger partial charge in [-0.15, -0.1) is 0 Å². The average Bonchev–Trinajstić information content (AvgIpc) is 3.05. The van der Waals surface area contributed by atoms with E-state index in [0.717, 1.165) is 5.70 Å². The molecule has 0 bridgehead atoms. The number of fused-ring (bicyclic) bond motifs is 1. The van der Waals surface area contributed by atoms with Gasteiger partial charge < -0.3 is 4.90 Å². The predicted molar refractivity (Wildman–Crippen MR) is 119 cm³/mol. The molecular weight excluding hydrogens is 394 g/mol. The molecule has 4 rings (SSSR count). The normalized spacial score (nSPS) is 14.1. The molecule has 3 aromatic rings. The molecule has 1 aromatic carbocycles. The SMILES string of the molecule is CCc1cc2c(cc1F)c(C#N)c(C1=CC=CCN1C(C)(C)C)n2-c1ncccc1F. The Bertz CT molecular complexity index is 1270. The van der Waals surface area contributed by atoms with Gasteiger partial charge in [0.1, 0.15) is 11.9 Å². The van der Waals surface area contributed by atoms with Crippen LogP contribution in [-0.4, -0.2) is 26.5 Å². The Hall–Kier alpha value is -3.46. The summed E-state index contributed by atoms with van der Waals surface area (Å²) in [5.41, 5.74) is 2.40. The van der Waals surface area contributed by atoms with Crippen molar-refractivity contribution in [2.75, 3.05) is 6.54 Å². The Morgan fingerprint density at radius 3 is 2.61 bits per heavy atom. The van der Waals surface area contributed by atoms with Crippen LogP contribution in [0.25, 0.3) is 22.4 Å². The molecular formula is C25H24F2N4. The summed E-state index contributed by atoms with van der Waals surface area (Å²) in [6.07, 6.45) is 7.87. The number of benzene rings is 1. The highest BCUT2D eigenvalue weighted by Crippen LogP contribution is 2.39. The summed E-state index contributed by atoms with van der Waals surface area (Å²) in [6, 6.07) is 8.20. The average molecular weight is 418 g/mol. The number of allylic oxidation sites excluding steroid dienone is 2. The van der Waals surface area contributed by atoms with Crippen LogP contribution < -0.4 is 0 Å². The molecule has 0 spiro atoms. The van der Waals surface area contributed by atoms with E-state index in [-0.39, 0.29) is 17.2 Å². The van der Waals surface area contributed by atoms with Gasteiger partial charge in [-0.3, -0.25) is 4.57 Å². The van der Waals surface area contributed by atoms with E-state index in [4.69, 9.17) is 0 Å². The van der Waals surface area contributed by atoms with Crippen molar-refractivity contribution in [1.29, 1.82) is 5.26 Å². The van der Waals surface area contributed by atoms with E-state index in [1.54, 1.807) is 10.6 Å². The molecule has 1 aliphatic rings. The number of rotatable bonds is 3. The molecule has 0 saturated heterocycles. The van der Waals surface area contributed by atoms with Gasteiger partial charge in [0.2, 0.25) is 0 Å². The minimum absolute atomic E-state index is 0.0852. The molecule has 31 heavy (non-hydrogen) atoms. The maximum Gasteiger partial charge on any atom is 0.174 e. The summed E-state index contributed by atoms with van der Waals surface area (Å²) in [4.78, 5) is 6.44. The van der Waals surface area contributed by atoms with Crippen molar-refractivity contribution in [3.63, 3.8) is 0 Å². The van der Waals surface area contributed by atoms with Crippen LogP contribution >= 0.6 is 0 Å². The maximum atomic E-state index is 15.0. The molecule has 0 saturated carbocycles. The van der Waals surface area contributed by atoms with Gasteiger partial charge >= 0.3 is 0 Å². The lowest BCUT2D eigenvalue weighted by Gasteiger charge is -2.40. The zero-order chi connectivity index (χ0) is 22.3. The highest BCUT2D eigenvalue weighted by molar-refractivity contribution is 5.95. The molecule has 2 aromatic heterocycles. The highest BCUT2D eigenvalue weighted by Gasteiger charge is 2.31. The van der Waals surface area contributed by atoms with Crippen molar-refractivity contribution in [3.8, 4) is 11.9 Å². The quantitative estimate of drug-likeness (QED) is 0.544. The zero-order valence-corrected chi connectivity index (χ0v) is 18.1. The fraction of sp³-hybridized carbons (Fsp3) is 0.280. The van der Waals surface area contributed by atoms with Gasteiger partial charge in [0.25, 0.3) is 0 Å². The largest absolute Gasteiger partial charge is 0.361 e. The number of hydrogen-bond donors (Lipinski definition) is 0. The van der Waals surface area contributed by atoms with Gasteiger partial charge in [-0.05, 0) is 63.1 Å². The summed E-state index contributed by atoms with van der Waals surface area (Å²) in [6.45, 7) is 8.74. The first-order chi connectivity index (χ1) is 14.8. The van der Waals surface area contributed by atoms with E-state index in [2.05, 4.69) is 36.7 Å². The summed E-state index contributed by atoms with van der Waals surface area (Å²) in [5.74, 6) is -0.800. The molecule has 1 aliphatic heterocycles. The summed E-state index contributed by atoms with van der Waals surface area (Å²) >= 11 is 0. The van der Waals surface area contributed by atoms with E-state index >= 15 is 0 Å². The summed E-state index contributed by atoms with van der Waals surface area (Å²) in [7, 11) is 0. The van der Waals surface area contributed by atoms with E-state index in [9.17, 15) is 14.0 Å².